The lowest BCUT2D eigenvalue weighted by Crippen LogP contribution is -2.06. The molecule has 4 rings (SSSR count). The number of nitro benzene ring substituents is 1. The van der Waals surface area contributed by atoms with E-state index in [2.05, 4.69) is 20.9 Å². The van der Waals surface area contributed by atoms with E-state index in [4.69, 9.17) is 14.2 Å². The van der Waals surface area contributed by atoms with Crippen molar-refractivity contribution in [3.63, 3.8) is 0 Å². The smallest absolute Gasteiger partial charge is 0.416 e. The number of carbonyl (C=O) groups is 1. The van der Waals surface area contributed by atoms with E-state index in [-0.39, 0.29) is 29.7 Å². The lowest BCUT2D eigenvalue weighted by atomic mass is 10.1. The molecule has 0 atom stereocenters. The molecule has 0 N–H and O–H groups in total. The van der Waals surface area contributed by atoms with Crippen molar-refractivity contribution in [2.75, 3.05) is 6.61 Å². The van der Waals surface area contributed by atoms with Crippen LogP contribution in [0.5, 0.6) is 17.2 Å². The standard InChI is InChI=1S/C25H16BrF3N2O6/c1-2-35-22-12-14(11-18-24(32)37-23(30-18)15-4-7-17(26)8-5-15)3-9-21(22)36-20-10-6-16(25(27,28)29)13-19(20)31(33)34/h3-13H,2H2,1H3/b18-11-. The average molecular weight is 577 g/mol. The zero-order valence-electron chi connectivity index (χ0n) is 18.9. The van der Waals surface area contributed by atoms with E-state index in [0.29, 0.717) is 23.3 Å². The van der Waals surface area contributed by atoms with E-state index in [1.165, 1.54) is 24.3 Å². The van der Waals surface area contributed by atoms with Crippen LogP contribution in [-0.4, -0.2) is 23.4 Å². The van der Waals surface area contributed by atoms with Gasteiger partial charge >= 0.3 is 17.8 Å². The monoisotopic (exact) mass is 576 g/mol. The number of alkyl halides is 3. The Morgan fingerprint density at radius 1 is 1.05 bits per heavy atom. The summed E-state index contributed by atoms with van der Waals surface area (Å²) in [5.41, 5.74) is -0.910. The number of hydrogen-bond donors (Lipinski definition) is 0. The van der Waals surface area contributed by atoms with Gasteiger partial charge < -0.3 is 14.2 Å². The third-order valence-corrected chi connectivity index (χ3v) is 5.51. The van der Waals surface area contributed by atoms with Gasteiger partial charge in [-0.3, -0.25) is 10.1 Å². The maximum absolute atomic E-state index is 13.0. The number of benzene rings is 3. The number of nitro groups is 1. The van der Waals surface area contributed by atoms with E-state index in [1.807, 2.05) is 0 Å². The highest BCUT2D eigenvalue weighted by Gasteiger charge is 2.33. The Bertz CT molecular complexity index is 1440. The molecule has 0 unspecified atom stereocenters. The minimum atomic E-state index is -4.75. The lowest BCUT2D eigenvalue weighted by molar-refractivity contribution is -0.385. The highest BCUT2D eigenvalue weighted by Crippen LogP contribution is 2.40. The van der Waals surface area contributed by atoms with Crippen LogP contribution in [0.4, 0.5) is 18.9 Å². The number of nitrogens with zero attached hydrogens (tertiary/aromatic N) is 2. The molecular formula is C25H16BrF3N2O6. The van der Waals surface area contributed by atoms with E-state index < -0.39 is 34.1 Å². The number of ether oxygens (including phenoxy) is 3. The number of aliphatic imine (C=N–C) groups is 1. The quantitative estimate of drug-likeness (QED) is 0.131. The molecule has 0 saturated heterocycles. The van der Waals surface area contributed by atoms with Crippen LogP contribution in [0.3, 0.4) is 0 Å². The van der Waals surface area contributed by atoms with Crippen LogP contribution in [0.2, 0.25) is 0 Å². The van der Waals surface area contributed by atoms with E-state index in [9.17, 15) is 28.1 Å². The van der Waals surface area contributed by atoms with E-state index in [0.717, 1.165) is 10.5 Å². The number of hydrogen-bond acceptors (Lipinski definition) is 7. The molecule has 12 heteroatoms. The predicted octanol–water partition coefficient (Wildman–Crippen LogP) is 6.91. The second-order valence-electron chi connectivity index (χ2n) is 7.52. The molecule has 3 aromatic carbocycles. The van der Waals surface area contributed by atoms with Crippen LogP contribution in [0.1, 0.15) is 23.6 Å². The number of halogens is 4. The fourth-order valence-electron chi connectivity index (χ4n) is 3.29. The summed E-state index contributed by atoms with van der Waals surface area (Å²) in [6.07, 6.45) is -3.29. The van der Waals surface area contributed by atoms with Crippen molar-refractivity contribution in [3.05, 3.63) is 97.6 Å². The molecule has 190 valence electrons. The van der Waals surface area contributed by atoms with Gasteiger partial charge in [0.25, 0.3) is 0 Å². The summed E-state index contributed by atoms with van der Waals surface area (Å²) in [5, 5.41) is 11.4. The fraction of sp³-hybridized carbons (Fsp3) is 0.120. The highest BCUT2D eigenvalue weighted by atomic mass is 79.9. The fourth-order valence-corrected chi connectivity index (χ4v) is 3.56. The Morgan fingerprint density at radius 2 is 1.76 bits per heavy atom. The molecule has 0 aliphatic carbocycles. The molecule has 1 aliphatic rings. The zero-order chi connectivity index (χ0) is 26.7. The van der Waals surface area contributed by atoms with Crippen LogP contribution in [-0.2, 0) is 15.7 Å². The van der Waals surface area contributed by atoms with Gasteiger partial charge in [-0.25, -0.2) is 9.79 Å². The third kappa shape index (κ3) is 5.97. The molecule has 0 aromatic heterocycles. The van der Waals surface area contributed by atoms with Crippen LogP contribution in [0.15, 0.2) is 75.8 Å². The Hall–Kier alpha value is -4.19. The van der Waals surface area contributed by atoms with E-state index in [1.54, 1.807) is 31.2 Å². The summed E-state index contributed by atoms with van der Waals surface area (Å²) in [6, 6.07) is 13.4. The van der Waals surface area contributed by atoms with Crippen LogP contribution in [0.25, 0.3) is 6.08 Å². The Morgan fingerprint density at radius 3 is 2.41 bits per heavy atom. The minimum absolute atomic E-state index is 0.0277. The summed E-state index contributed by atoms with van der Waals surface area (Å²) in [6.45, 7) is 1.89. The second kappa shape index (κ2) is 10.4. The topological polar surface area (TPSA) is 100 Å². The first-order chi connectivity index (χ1) is 17.5. The maximum Gasteiger partial charge on any atom is 0.416 e. The number of esters is 1. The number of carbonyl (C=O) groups excluding carboxylic acids is 1. The summed E-state index contributed by atoms with van der Waals surface area (Å²) in [4.78, 5) is 27.0. The van der Waals surface area contributed by atoms with Crippen molar-refractivity contribution in [1.29, 1.82) is 0 Å². The van der Waals surface area contributed by atoms with Gasteiger partial charge in [-0.2, -0.15) is 13.2 Å². The summed E-state index contributed by atoms with van der Waals surface area (Å²) < 4.78 is 56.2. The van der Waals surface area contributed by atoms with Gasteiger partial charge in [-0.05, 0) is 67.1 Å². The average Bonchev–Trinajstić information content (AvgIpc) is 3.20. The van der Waals surface area contributed by atoms with Crippen LogP contribution >= 0.6 is 15.9 Å². The molecule has 0 fully saturated rings. The molecule has 0 bridgehead atoms. The normalized spacial score (nSPS) is 14.4. The van der Waals surface area contributed by atoms with Gasteiger partial charge in [0.05, 0.1) is 17.1 Å². The predicted molar refractivity (Wildman–Crippen MR) is 131 cm³/mol. The van der Waals surface area contributed by atoms with Crippen molar-refractivity contribution in [2.45, 2.75) is 13.1 Å². The highest BCUT2D eigenvalue weighted by molar-refractivity contribution is 9.10. The van der Waals surface area contributed by atoms with Crippen molar-refractivity contribution < 1.29 is 37.1 Å². The first-order valence-electron chi connectivity index (χ1n) is 10.6. The number of rotatable bonds is 7. The van der Waals surface area contributed by atoms with Crippen molar-refractivity contribution >= 4 is 39.6 Å². The molecule has 1 heterocycles. The van der Waals surface area contributed by atoms with Crippen molar-refractivity contribution in [2.24, 2.45) is 4.99 Å². The molecule has 0 spiro atoms. The Balaban J connectivity index is 1.65. The van der Waals surface area contributed by atoms with Gasteiger partial charge in [-0.15, -0.1) is 0 Å². The molecule has 1 aliphatic heterocycles. The van der Waals surface area contributed by atoms with Gasteiger partial charge in [0.1, 0.15) is 0 Å². The lowest BCUT2D eigenvalue weighted by Gasteiger charge is -2.13. The first-order valence-corrected chi connectivity index (χ1v) is 11.4. The molecule has 3 aromatic rings. The Labute approximate surface area is 216 Å². The minimum Gasteiger partial charge on any atom is -0.490 e. The van der Waals surface area contributed by atoms with Crippen LogP contribution < -0.4 is 9.47 Å². The largest absolute Gasteiger partial charge is 0.490 e. The molecule has 0 radical (unpaired) electrons. The van der Waals surface area contributed by atoms with Gasteiger partial charge in [-0.1, -0.05) is 22.0 Å². The zero-order valence-corrected chi connectivity index (χ0v) is 20.5. The summed E-state index contributed by atoms with van der Waals surface area (Å²) in [7, 11) is 0. The second-order valence-corrected chi connectivity index (χ2v) is 8.44. The number of cyclic esters (lactones) is 1. The Kier molecular flexibility index (Phi) is 7.30. The van der Waals surface area contributed by atoms with Crippen LogP contribution in [0, 0.1) is 10.1 Å². The van der Waals surface area contributed by atoms with Gasteiger partial charge in [0.15, 0.2) is 17.2 Å². The van der Waals surface area contributed by atoms with Crippen molar-refractivity contribution in [1.82, 2.24) is 0 Å². The van der Waals surface area contributed by atoms with Gasteiger partial charge in [0, 0.05) is 16.1 Å². The molecule has 0 amide bonds. The molecule has 8 nitrogen and oxygen atoms in total. The molecule has 37 heavy (non-hydrogen) atoms. The summed E-state index contributed by atoms with van der Waals surface area (Å²) >= 11 is 3.33. The maximum atomic E-state index is 13.0. The SMILES string of the molecule is CCOc1cc(/C=C2\N=C(c3ccc(Br)cc3)OC2=O)ccc1Oc1ccc(C(F)(F)F)cc1[N+](=O)[O-]. The summed E-state index contributed by atoms with van der Waals surface area (Å²) in [5.74, 6) is -0.734. The van der Waals surface area contributed by atoms with Crippen molar-refractivity contribution in [3.8, 4) is 17.2 Å². The first kappa shape index (κ1) is 25.9. The molecule has 0 saturated carbocycles. The van der Waals surface area contributed by atoms with E-state index >= 15 is 0 Å². The van der Waals surface area contributed by atoms with Gasteiger partial charge in [0.2, 0.25) is 11.6 Å². The molecular weight excluding hydrogens is 561 g/mol. The third-order valence-electron chi connectivity index (χ3n) is 4.99.